The highest BCUT2D eigenvalue weighted by molar-refractivity contribution is 6.07. The lowest BCUT2D eigenvalue weighted by Gasteiger charge is -2.21. The van der Waals surface area contributed by atoms with E-state index < -0.39 is 5.41 Å². The third kappa shape index (κ3) is 1.98. The van der Waals surface area contributed by atoms with Gasteiger partial charge in [-0.3, -0.25) is 4.79 Å². The standard InChI is InChI=1S/C10H11O2Si/c1-10(2,9(11)12-13)8-6-4-3-5-7-8/h3-7H,1-2H3. The van der Waals surface area contributed by atoms with Gasteiger partial charge in [-0.2, -0.15) is 0 Å². The first kappa shape index (κ1) is 9.99. The molecular formula is C10H11O2Si. The van der Waals surface area contributed by atoms with Gasteiger partial charge in [0.1, 0.15) is 0 Å². The topological polar surface area (TPSA) is 26.3 Å². The Morgan fingerprint density at radius 3 is 2.31 bits per heavy atom. The summed E-state index contributed by atoms with van der Waals surface area (Å²) in [6, 6.07) is 9.53. The van der Waals surface area contributed by atoms with E-state index in [1.165, 1.54) is 0 Å². The highest BCUT2D eigenvalue weighted by Crippen LogP contribution is 2.23. The van der Waals surface area contributed by atoms with Gasteiger partial charge in [-0.15, -0.1) is 0 Å². The van der Waals surface area contributed by atoms with Crippen molar-refractivity contribution in [3.63, 3.8) is 0 Å². The van der Waals surface area contributed by atoms with Crippen molar-refractivity contribution < 1.29 is 9.22 Å². The zero-order valence-corrected chi connectivity index (χ0v) is 8.70. The summed E-state index contributed by atoms with van der Waals surface area (Å²) < 4.78 is 4.54. The van der Waals surface area contributed by atoms with E-state index in [9.17, 15) is 4.79 Å². The molecule has 0 heterocycles. The molecule has 3 heteroatoms. The van der Waals surface area contributed by atoms with Crippen LogP contribution in [0, 0.1) is 0 Å². The smallest absolute Gasteiger partial charge is 0.345 e. The molecule has 0 saturated heterocycles. The molecule has 0 atom stereocenters. The second-order valence-electron chi connectivity index (χ2n) is 3.38. The first-order valence-electron chi connectivity index (χ1n) is 4.02. The maximum atomic E-state index is 11.4. The van der Waals surface area contributed by atoms with E-state index in [0.29, 0.717) is 0 Å². The number of carbonyl (C=O) groups excluding carboxylic acids is 1. The minimum absolute atomic E-state index is 0.296. The Bertz CT molecular complexity index is 293. The van der Waals surface area contributed by atoms with Crippen LogP contribution in [0.5, 0.6) is 0 Å². The Morgan fingerprint density at radius 2 is 1.85 bits per heavy atom. The van der Waals surface area contributed by atoms with E-state index in [0.717, 1.165) is 5.56 Å². The van der Waals surface area contributed by atoms with Crippen LogP contribution in [0.25, 0.3) is 0 Å². The first-order valence-corrected chi connectivity index (χ1v) is 4.43. The van der Waals surface area contributed by atoms with Crippen LogP contribution in [-0.4, -0.2) is 16.5 Å². The molecule has 0 amide bonds. The van der Waals surface area contributed by atoms with Crippen LogP contribution in [0.3, 0.4) is 0 Å². The predicted octanol–water partition coefficient (Wildman–Crippen LogP) is 1.59. The summed E-state index contributed by atoms with van der Waals surface area (Å²) in [5.41, 5.74) is 0.335. The molecule has 13 heavy (non-hydrogen) atoms. The van der Waals surface area contributed by atoms with E-state index in [2.05, 4.69) is 14.9 Å². The van der Waals surface area contributed by atoms with Crippen LogP contribution in [0.1, 0.15) is 19.4 Å². The minimum Gasteiger partial charge on any atom is -0.515 e. The van der Waals surface area contributed by atoms with E-state index in [4.69, 9.17) is 0 Å². The third-order valence-electron chi connectivity index (χ3n) is 2.10. The molecule has 2 nitrogen and oxygen atoms in total. The monoisotopic (exact) mass is 191 g/mol. The van der Waals surface area contributed by atoms with Crippen molar-refractivity contribution in [3.8, 4) is 0 Å². The van der Waals surface area contributed by atoms with Gasteiger partial charge in [0.05, 0.1) is 5.41 Å². The fraction of sp³-hybridized carbons (Fsp3) is 0.300. The summed E-state index contributed by atoms with van der Waals surface area (Å²) >= 11 is 0. The highest BCUT2D eigenvalue weighted by Gasteiger charge is 2.29. The van der Waals surface area contributed by atoms with Gasteiger partial charge in [-0.05, 0) is 19.4 Å². The Labute approximate surface area is 81.5 Å². The fourth-order valence-electron chi connectivity index (χ4n) is 1.10. The Hall–Kier alpha value is -1.09. The molecule has 0 fully saturated rings. The van der Waals surface area contributed by atoms with Crippen molar-refractivity contribution >= 4 is 16.5 Å². The highest BCUT2D eigenvalue weighted by atomic mass is 28.2. The lowest BCUT2D eigenvalue weighted by atomic mass is 9.85. The van der Waals surface area contributed by atoms with Gasteiger partial charge in [0.2, 0.25) is 0 Å². The number of rotatable bonds is 2. The summed E-state index contributed by atoms with van der Waals surface area (Å²) in [6.45, 7) is 3.65. The fourth-order valence-corrected chi connectivity index (χ4v) is 1.36. The average Bonchev–Trinajstić information content (AvgIpc) is 2.18. The summed E-state index contributed by atoms with van der Waals surface area (Å²) in [6.07, 6.45) is 0. The molecule has 1 aromatic carbocycles. The van der Waals surface area contributed by atoms with Gasteiger partial charge < -0.3 is 4.43 Å². The minimum atomic E-state index is -0.608. The lowest BCUT2D eigenvalue weighted by Crippen LogP contribution is -2.30. The molecular weight excluding hydrogens is 180 g/mol. The first-order chi connectivity index (χ1) is 6.09. The molecule has 1 rings (SSSR count). The molecule has 0 saturated carbocycles. The average molecular weight is 191 g/mol. The van der Waals surface area contributed by atoms with Crippen LogP contribution in [-0.2, 0) is 14.6 Å². The predicted molar refractivity (Wildman–Crippen MR) is 51.3 cm³/mol. The normalized spacial score (nSPS) is 11.0. The second-order valence-corrected chi connectivity index (χ2v) is 3.58. The van der Waals surface area contributed by atoms with Crippen molar-refractivity contribution in [3.05, 3.63) is 35.9 Å². The quantitative estimate of drug-likeness (QED) is 0.664. The summed E-state index contributed by atoms with van der Waals surface area (Å²) in [7, 11) is 2.75. The van der Waals surface area contributed by atoms with Gasteiger partial charge in [-0.25, -0.2) is 0 Å². The maximum absolute atomic E-state index is 11.4. The molecule has 0 bridgehead atoms. The zero-order valence-electron chi connectivity index (χ0n) is 7.70. The molecule has 0 aliphatic rings. The van der Waals surface area contributed by atoms with Crippen LogP contribution < -0.4 is 0 Å². The molecule has 0 aromatic heterocycles. The van der Waals surface area contributed by atoms with Crippen LogP contribution in [0.15, 0.2) is 30.3 Å². The molecule has 1 aromatic rings. The van der Waals surface area contributed by atoms with Crippen molar-refractivity contribution in [1.82, 2.24) is 0 Å². The SMILES string of the molecule is CC(C)(C(=O)O[Si])c1ccccc1. The van der Waals surface area contributed by atoms with Crippen molar-refractivity contribution in [1.29, 1.82) is 0 Å². The third-order valence-corrected chi connectivity index (χ3v) is 2.28. The van der Waals surface area contributed by atoms with E-state index >= 15 is 0 Å². The lowest BCUT2D eigenvalue weighted by molar-refractivity contribution is -0.139. The maximum Gasteiger partial charge on any atom is 0.345 e. The molecule has 0 spiro atoms. The van der Waals surface area contributed by atoms with Gasteiger partial charge in [0.15, 0.2) is 0 Å². The summed E-state index contributed by atoms with van der Waals surface area (Å²) in [5.74, 6) is -0.296. The van der Waals surface area contributed by atoms with Gasteiger partial charge in [0.25, 0.3) is 0 Å². The summed E-state index contributed by atoms with van der Waals surface area (Å²) in [5, 5.41) is 0. The number of carbonyl (C=O) groups is 1. The number of hydrogen-bond donors (Lipinski definition) is 0. The van der Waals surface area contributed by atoms with Crippen molar-refractivity contribution in [2.75, 3.05) is 0 Å². The molecule has 0 aliphatic carbocycles. The molecule has 67 valence electrons. The Balaban J connectivity index is 3.00. The number of benzene rings is 1. The zero-order chi connectivity index (χ0) is 9.90. The van der Waals surface area contributed by atoms with Crippen molar-refractivity contribution in [2.45, 2.75) is 19.3 Å². The van der Waals surface area contributed by atoms with Gasteiger partial charge in [0, 0.05) is 0 Å². The van der Waals surface area contributed by atoms with Crippen LogP contribution in [0.2, 0.25) is 0 Å². The van der Waals surface area contributed by atoms with Crippen molar-refractivity contribution in [2.24, 2.45) is 0 Å². The van der Waals surface area contributed by atoms with Crippen LogP contribution in [0.4, 0.5) is 0 Å². The molecule has 0 unspecified atom stereocenters. The molecule has 3 radical (unpaired) electrons. The van der Waals surface area contributed by atoms with E-state index in [-0.39, 0.29) is 5.97 Å². The second kappa shape index (κ2) is 3.74. The largest absolute Gasteiger partial charge is 0.515 e. The molecule has 0 N–H and O–H groups in total. The Morgan fingerprint density at radius 1 is 1.31 bits per heavy atom. The summed E-state index contributed by atoms with van der Waals surface area (Å²) in [4.78, 5) is 11.4. The van der Waals surface area contributed by atoms with E-state index in [1.807, 2.05) is 44.2 Å². The van der Waals surface area contributed by atoms with Crippen LogP contribution >= 0.6 is 0 Å². The van der Waals surface area contributed by atoms with Gasteiger partial charge in [-0.1, -0.05) is 30.3 Å². The van der Waals surface area contributed by atoms with Gasteiger partial charge >= 0.3 is 16.5 Å². The number of hydrogen-bond acceptors (Lipinski definition) is 2. The van der Waals surface area contributed by atoms with E-state index in [1.54, 1.807) is 0 Å². The Kier molecular flexibility index (Phi) is 2.88. The molecule has 0 aliphatic heterocycles.